The van der Waals surface area contributed by atoms with E-state index in [0.717, 1.165) is 11.6 Å². The average Bonchev–Trinajstić information content (AvgIpc) is 2.69. The molecule has 1 fully saturated rings. The summed E-state index contributed by atoms with van der Waals surface area (Å²) >= 11 is 0. The minimum absolute atomic E-state index is 0.0342. The zero-order valence-electron chi connectivity index (χ0n) is 16.2. The van der Waals surface area contributed by atoms with Gasteiger partial charge in [0.1, 0.15) is 6.04 Å². The molecule has 1 aliphatic heterocycles. The number of hydrogen-bond acceptors (Lipinski definition) is 5. The second-order valence-corrected chi connectivity index (χ2v) is 8.83. The zero-order chi connectivity index (χ0) is 21.2. The molecule has 1 aliphatic rings. The fourth-order valence-corrected chi connectivity index (χ4v) is 4.85. The number of sulfonamides is 1. The third kappa shape index (κ3) is 4.42. The number of carbonyl (C=O) groups is 1. The van der Waals surface area contributed by atoms with Crippen molar-refractivity contribution in [2.45, 2.75) is 17.9 Å². The largest absolute Gasteiger partial charge is 0.494 e. The Hall–Kier alpha value is -2.49. The molecule has 1 heterocycles. The molecule has 0 saturated carbocycles. The smallest absolute Gasteiger partial charge is 0.325 e. The van der Waals surface area contributed by atoms with Crippen LogP contribution in [0, 0.1) is 12.7 Å². The minimum Gasteiger partial charge on any atom is -0.494 e. The lowest BCUT2D eigenvalue weighted by Crippen LogP contribution is -2.50. The summed E-state index contributed by atoms with van der Waals surface area (Å²) in [5.74, 6) is -1.73. The number of ether oxygens (including phenoxy) is 1. The molecule has 1 N–H and O–H groups in total. The Morgan fingerprint density at radius 3 is 2.24 bits per heavy atom. The third-order valence-electron chi connectivity index (χ3n) is 5.02. The lowest BCUT2D eigenvalue weighted by atomic mass is 10.0. The second-order valence-electron chi connectivity index (χ2n) is 6.89. The number of piperazine rings is 1. The summed E-state index contributed by atoms with van der Waals surface area (Å²) in [6, 6.07) is 9.58. The van der Waals surface area contributed by atoms with E-state index in [1.807, 2.05) is 6.92 Å². The van der Waals surface area contributed by atoms with Crippen LogP contribution in [0.15, 0.2) is 47.4 Å². The fourth-order valence-electron chi connectivity index (χ4n) is 3.42. The van der Waals surface area contributed by atoms with E-state index in [2.05, 4.69) is 0 Å². The van der Waals surface area contributed by atoms with Crippen LogP contribution in [0.2, 0.25) is 0 Å². The second kappa shape index (κ2) is 8.48. The van der Waals surface area contributed by atoms with Gasteiger partial charge >= 0.3 is 5.97 Å². The molecule has 2 aromatic rings. The van der Waals surface area contributed by atoms with Crippen LogP contribution in [0.4, 0.5) is 4.39 Å². The van der Waals surface area contributed by atoms with Gasteiger partial charge in [0.15, 0.2) is 11.6 Å². The molecule has 156 valence electrons. The number of aliphatic carboxylic acids is 1. The van der Waals surface area contributed by atoms with E-state index in [0.29, 0.717) is 0 Å². The normalized spacial score (nSPS) is 17.1. The monoisotopic (exact) mass is 422 g/mol. The summed E-state index contributed by atoms with van der Waals surface area (Å²) in [5, 5.41) is 9.70. The number of carboxylic acids is 1. The average molecular weight is 422 g/mol. The molecule has 0 bridgehead atoms. The molecule has 3 rings (SSSR count). The molecule has 29 heavy (non-hydrogen) atoms. The molecular weight excluding hydrogens is 399 g/mol. The number of rotatable bonds is 6. The van der Waals surface area contributed by atoms with Gasteiger partial charge in [-0.25, -0.2) is 12.8 Å². The standard InChI is InChI=1S/C20H23FN2O5S/c1-14-3-6-16(7-4-14)29(26,27)23-11-9-22(10-12-23)19(20(24)25)15-5-8-18(28-2)17(21)13-15/h3-8,13,19H,9-12H2,1-2H3,(H,24,25). The molecule has 0 spiro atoms. The van der Waals surface area contributed by atoms with Gasteiger partial charge in [0.05, 0.1) is 12.0 Å². The summed E-state index contributed by atoms with van der Waals surface area (Å²) in [6.45, 7) is 2.62. The van der Waals surface area contributed by atoms with E-state index >= 15 is 0 Å². The number of hydrogen-bond donors (Lipinski definition) is 1. The highest BCUT2D eigenvalue weighted by Crippen LogP contribution is 2.28. The Labute approximate surface area is 169 Å². The van der Waals surface area contributed by atoms with Crippen molar-refractivity contribution < 1.29 is 27.4 Å². The molecule has 1 saturated heterocycles. The number of nitrogens with zero attached hydrogens (tertiary/aromatic N) is 2. The van der Waals surface area contributed by atoms with Crippen LogP contribution in [0.3, 0.4) is 0 Å². The third-order valence-corrected chi connectivity index (χ3v) is 6.94. The number of carboxylic acid groups (broad SMARTS) is 1. The SMILES string of the molecule is COc1ccc(C(C(=O)O)N2CCN(S(=O)(=O)c3ccc(C)cc3)CC2)cc1F. The molecule has 7 nitrogen and oxygen atoms in total. The van der Waals surface area contributed by atoms with Crippen LogP contribution >= 0.6 is 0 Å². The van der Waals surface area contributed by atoms with Gasteiger partial charge in [-0.1, -0.05) is 23.8 Å². The molecule has 0 aliphatic carbocycles. The fraction of sp³-hybridized carbons (Fsp3) is 0.350. The predicted molar refractivity (Wildman–Crippen MR) is 105 cm³/mol. The summed E-state index contributed by atoms with van der Waals surface area (Å²) in [6.07, 6.45) is 0. The van der Waals surface area contributed by atoms with E-state index in [4.69, 9.17) is 4.74 Å². The minimum atomic E-state index is -3.65. The van der Waals surface area contributed by atoms with Crippen molar-refractivity contribution in [1.29, 1.82) is 0 Å². The van der Waals surface area contributed by atoms with Gasteiger partial charge in [0.2, 0.25) is 10.0 Å². The maximum Gasteiger partial charge on any atom is 0.325 e. The summed E-state index contributed by atoms with van der Waals surface area (Å²) in [4.78, 5) is 13.7. The van der Waals surface area contributed by atoms with E-state index in [1.54, 1.807) is 29.2 Å². The first-order valence-corrected chi connectivity index (χ1v) is 10.5. The number of aryl methyl sites for hydroxylation is 1. The number of benzene rings is 2. The Morgan fingerprint density at radius 1 is 1.10 bits per heavy atom. The van der Waals surface area contributed by atoms with Crippen molar-refractivity contribution >= 4 is 16.0 Å². The Balaban J connectivity index is 1.76. The molecule has 1 atom stereocenters. The maximum atomic E-state index is 14.1. The highest BCUT2D eigenvalue weighted by Gasteiger charge is 2.34. The zero-order valence-corrected chi connectivity index (χ0v) is 17.0. The van der Waals surface area contributed by atoms with Crippen LogP contribution in [-0.2, 0) is 14.8 Å². The van der Waals surface area contributed by atoms with E-state index < -0.39 is 27.9 Å². The summed E-state index contributed by atoms with van der Waals surface area (Å²) in [7, 11) is -2.31. The summed E-state index contributed by atoms with van der Waals surface area (Å²) in [5.41, 5.74) is 1.25. The maximum absolute atomic E-state index is 14.1. The Kier molecular flexibility index (Phi) is 6.21. The van der Waals surface area contributed by atoms with E-state index in [-0.39, 0.29) is 42.4 Å². The van der Waals surface area contributed by atoms with Crippen LogP contribution < -0.4 is 4.74 Å². The Morgan fingerprint density at radius 2 is 1.72 bits per heavy atom. The van der Waals surface area contributed by atoms with Crippen molar-refractivity contribution in [3.05, 3.63) is 59.4 Å². The van der Waals surface area contributed by atoms with Gasteiger partial charge < -0.3 is 9.84 Å². The van der Waals surface area contributed by atoms with E-state index in [9.17, 15) is 22.7 Å². The van der Waals surface area contributed by atoms with Gasteiger partial charge in [-0.3, -0.25) is 9.69 Å². The van der Waals surface area contributed by atoms with Crippen molar-refractivity contribution in [3.8, 4) is 5.75 Å². The van der Waals surface area contributed by atoms with Crippen molar-refractivity contribution in [3.63, 3.8) is 0 Å². The molecular formula is C20H23FN2O5S. The Bertz CT molecular complexity index is 986. The molecule has 0 amide bonds. The first kappa shape index (κ1) is 21.2. The van der Waals surface area contributed by atoms with Crippen molar-refractivity contribution in [2.24, 2.45) is 0 Å². The van der Waals surface area contributed by atoms with Gasteiger partial charge in [-0.2, -0.15) is 4.31 Å². The van der Waals surface area contributed by atoms with Gasteiger partial charge in [0, 0.05) is 26.2 Å². The van der Waals surface area contributed by atoms with Crippen LogP contribution in [-0.4, -0.2) is 62.0 Å². The van der Waals surface area contributed by atoms with Crippen LogP contribution in [0.25, 0.3) is 0 Å². The molecule has 0 aromatic heterocycles. The first-order chi connectivity index (χ1) is 13.7. The topological polar surface area (TPSA) is 87.2 Å². The number of methoxy groups -OCH3 is 1. The van der Waals surface area contributed by atoms with Crippen LogP contribution in [0.1, 0.15) is 17.2 Å². The first-order valence-electron chi connectivity index (χ1n) is 9.11. The van der Waals surface area contributed by atoms with Crippen LogP contribution in [0.5, 0.6) is 5.75 Å². The van der Waals surface area contributed by atoms with E-state index in [1.165, 1.54) is 23.5 Å². The quantitative estimate of drug-likeness (QED) is 0.769. The molecule has 0 radical (unpaired) electrons. The highest BCUT2D eigenvalue weighted by molar-refractivity contribution is 7.89. The lowest BCUT2D eigenvalue weighted by molar-refractivity contribution is -0.144. The molecule has 9 heteroatoms. The lowest BCUT2D eigenvalue weighted by Gasteiger charge is -2.37. The molecule has 1 unspecified atom stereocenters. The highest BCUT2D eigenvalue weighted by atomic mass is 32.2. The molecule has 2 aromatic carbocycles. The van der Waals surface area contributed by atoms with Gasteiger partial charge in [0.25, 0.3) is 0 Å². The van der Waals surface area contributed by atoms with Gasteiger partial charge in [-0.05, 0) is 36.8 Å². The number of halogens is 1. The predicted octanol–water partition coefficient (Wildman–Crippen LogP) is 2.27. The van der Waals surface area contributed by atoms with Gasteiger partial charge in [-0.15, -0.1) is 0 Å². The van der Waals surface area contributed by atoms with Crippen molar-refractivity contribution in [2.75, 3.05) is 33.3 Å². The summed E-state index contributed by atoms with van der Waals surface area (Å²) < 4.78 is 45.9. The van der Waals surface area contributed by atoms with Crippen molar-refractivity contribution in [1.82, 2.24) is 9.21 Å².